The van der Waals surface area contributed by atoms with Crippen LogP contribution in [0.3, 0.4) is 0 Å². The molecule has 1 aromatic carbocycles. The Labute approximate surface area is 237 Å². The second kappa shape index (κ2) is 10.6. The first-order valence-electron chi connectivity index (χ1n) is 13.8. The van der Waals surface area contributed by atoms with Crippen LogP contribution in [0.25, 0.3) is 16.8 Å². The highest BCUT2D eigenvalue weighted by atomic mass is 16.2. The van der Waals surface area contributed by atoms with E-state index in [9.17, 15) is 14.4 Å². The summed E-state index contributed by atoms with van der Waals surface area (Å²) in [5, 5.41) is 2.90. The molecule has 0 unspecified atom stereocenters. The number of nitrogens with one attached hydrogen (secondary N) is 1. The molecule has 3 N–H and O–H groups in total. The Hall–Kier alpha value is -4.80. The number of likely N-dealkylation sites (N-methyl/N-ethyl adjacent to an activating group) is 1. The minimum atomic E-state index is -0.539. The molecule has 0 bridgehead atoms. The molecule has 3 aromatic heterocycles. The van der Waals surface area contributed by atoms with Crippen molar-refractivity contribution >= 4 is 34.9 Å². The molecule has 1 aliphatic heterocycles. The highest BCUT2D eigenvalue weighted by Crippen LogP contribution is 2.40. The van der Waals surface area contributed by atoms with Gasteiger partial charge in [0.05, 0.1) is 0 Å². The van der Waals surface area contributed by atoms with Gasteiger partial charge in [0.15, 0.2) is 0 Å². The topological polar surface area (TPSA) is 139 Å². The van der Waals surface area contributed by atoms with Crippen LogP contribution in [0.4, 0.5) is 11.6 Å². The van der Waals surface area contributed by atoms with Crippen molar-refractivity contribution in [2.75, 3.05) is 38.2 Å². The molecule has 1 aliphatic carbocycles. The minimum Gasteiger partial charge on any atom is -0.382 e. The number of anilines is 2. The van der Waals surface area contributed by atoms with Crippen LogP contribution in [0.5, 0.6) is 0 Å². The number of piperidine rings is 1. The summed E-state index contributed by atoms with van der Waals surface area (Å²) in [6, 6.07) is 11.1. The van der Waals surface area contributed by atoms with E-state index in [0.717, 1.165) is 24.2 Å². The van der Waals surface area contributed by atoms with Crippen LogP contribution in [0.2, 0.25) is 0 Å². The van der Waals surface area contributed by atoms with Crippen LogP contribution in [-0.4, -0.2) is 74.1 Å². The molecule has 1 saturated carbocycles. The predicted molar refractivity (Wildman–Crippen MR) is 154 cm³/mol. The Balaban J connectivity index is 1.26. The molecule has 1 saturated heterocycles. The number of nitrogens with two attached hydrogens (primary N) is 1. The van der Waals surface area contributed by atoms with Gasteiger partial charge in [-0.3, -0.25) is 18.8 Å². The SMILES string of the molecule is CN(C)C(=O)C(=O)N1CCC[C@@H](c2nc(-c3ccc(C(=O)Nc4cc(C5CC5)ccn4)cc3)c3c(N)nccn23)C1. The number of nitrogens with zero attached hydrogens (tertiary/aromatic N) is 6. The molecule has 210 valence electrons. The highest BCUT2D eigenvalue weighted by Gasteiger charge is 2.32. The van der Waals surface area contributed by atoms with Crippen molar-refractivity contribution in [2.45, 2.75) is 37.5 Å². The fraction of sp³-hybridized carbons (Fsp3) is 0.333. The van der Waals surface area contributed by atoms with Gasteiger partial charge in [0.1, 0.15) is 28.7 Å². The molecule has 3 amide bonds. The summed E-state index contributed by atoms with van der Waals surface area (Å²) in [7, 11) is 3.15. The lowest BCUT2D eigenvalue weighted by atomic mass is 9.97. The third kappa shape index (κ3) is 5.22. The zero-order chi connectivity index (χ0) is 28.7. The van der Waals surface area contributed by atoms with Gasteiger partial charge in [-0.05, 0) is 61.4 Å². The molecule has 6 rings (SSSR count). The lowest BCUT2D eigenvalue weighted by molar-refractivity contribution is -0.151. The van der Waals surface area contributed by atoms with Crippen molar-refractivity contribution in [3.8, 4) is 11.3 Å². The van der Waals surface area contributed by atoms with Gasteiger partial charge in [-0.2, -0.15) is 0 Å². The van der Waals surface area contributed by atoms with E-state index in [1.807, 2.05) is 34.9 Å². The molecular weight excluding hydrogens is 520 g/mol. The summed E-state index contributed by atoms with van der Waals surface area (Å²) in [4.78, 5) is 54.5. The predicted octanol–water partition coefficient (Wildman–Crippen LogP) is 3.30. The molecule has 11 nitrogen and oxygen atoms in total. The van der Waals surface area contributed by atoms with Gasteiger partial charge in [-0.15, -0.1) is 0 Å². The fourth-order valence-corrected chi connectivity index (χ4v) is 5.43. The first kappa shape index (κ1) is 26.4. The number of carbonyl (C=O) groups is 3. The fourth-order valence-electron chi connectivity index (χ4n) is 5.43. The molecule has 2 aliphatic rings. The molecular formula is C30H32N8O3. The summed E-state index contributed by atoms with van der Waals surface area (Å²) in [6.07, 6.45) is 9.09. The van der Waals surface area contributed by atoms with Gasteiger partial charge in [-0.1, -0.05) is 12.1 Å². The summed E-state index contributed by atoms with van der Waals surface area (Å²) < 4.78 is 1.92. The molecule has 2 fully saturated rings. The van der Waals surface area contributed by atoms with Crippen molar-refractivity contribution in [1.82, 2.24) is 29.2 Å². The van der Waals surface area contributed by atoms with Crippen molar-refractivity contribution < 1.29 is 14.4 Å². The van der Waals surface area contributed by atoms with Gasteiger partial charge < -0.3 is 20.9 Å². The largest absolute Gasteiger partial charge is 0.382 e. The van der Waals surface area contributed by atoms with Crippen molar-refractivity contribution in [1.29, 1.82) is 0 Å². The standard InChI is InChI=1S/C30H32N8O3/c1-36(2)29(40)30(41)37-14-3-4-22(17-37)27-35-24(25-26(31)33-13-15-38(25)27)19-7-9-20(10-8-19)28(39)34-23-16-21(11-12-32-23)18-5-6-18/h7-13,15-16,18,22H,3-6,14,17H2,1-2H3,(H2,31,33)(H,32,34,39)/t22-/m1/s1. The first-order valence-corrected chi connectivity index (χ1v) is 13.8. The number of likely N-dealkylation sites (tertiary alicyclic amines) is 1. The third-order valence-corrected chi connectivity index (χ3v) is 7.77. The van der Waals surface area contributed by atoms with E-state index in [2.05, 4.69) is 15.3 Å². The summed E-state index contributed by atoms with van der Waals surface area (Å²) in [5.74, 6) is 0.816. The number of amides is 3. The van der Waals surface area contributed by atoms with E-state index in [-0.39, 0.29) is 11.8 Å². The Bertz CT molecular complexity index is 1640. The first-order chi connectivity index (χ1) is 19.8. The van der Waals surface area contributed by atoms with Gasteiger partial charge in [0.25, 0.3) is 5.91 Å². The van der Waals surface area contributed by atoms with Crippen molar-refractivity contribution in [3.05, 3.63) is 71.9 Å². The number of pyridine rings is 1. The van der Waals surface area contributed by atoms with Gasteiger partial charge in [-0.25, -0.2) is 15.0 Å². The quantitative estimate of drug-likeness (QED) is 0.362. The van der Waals surface area contributed by atoms with Crippen molar-refractivity contribution in [3.63, 3.8) is 0 Å². The monoisotopic (exact) mass is 552 g/mol. The molecule has 0 spiro atoms. The zero-order valence-corrected chi connectivity index (χ0v) is 23.1. The van der Waals surface area contributed by atoms with Crippen LogP contribution in [-0.2, 0) is 9.59 Å². The normalized spacial score (nSPS) is 16.9. The summed E-state index contributed by atoms with van der Waals surface area (Å²) in [5.41, 5.74) is 10.1. The van der Waals surface area contributed by atoms with Crippen LogP contribution in [0.15, 0.2) is 55.0 Å². The average molecular weight is 553 g/mol. The number of fused-ring (bicyclic) bond motifs is 1. The molecule has 0 radical (unpaired) electrons. The Morgan fingerprint density at radius 3 is 2.51 bits per heavy atom. The summed E-state index contributed by atoms with van der Waals surface area (Å²) >= 11 is 0. The third-order valence-electron chi connectivity index (χ3n) is 7.77. The lowest BCUT2D eigenvalue weighted by Gasteiger charge is -2.32. The van der Waals surface area contributed by atoms with Crippen LogP contribution in [0, 0.1) is 0 Å². The van der Waals surface area contributed by atoms with E-state index in [0.29, 0.717) is 47.4 Å². The van der Waals surface area contributed by atoms with Crippen LogP contribution >= 0.6 is 0 Å². The average Bonchev–Trinajstić information content (AvgIpc) is 3.77. The number of hydrogen-bond donors (Lipinski definition) is 2. The number of aromatic nitrogens is 4. The highest BCUT2D eigenvalue weighted by molar-refractivity contribution is 6.34. The minimum absolute atomic E-state index is 0.0883. The molecule has 1 atom stereocenters. The number of imidazole rings is 1. The van der Waals surface area contributed by atoms with Crippen LogP contribution < -0.4 is 11.1 Å². The number of benzene rings is 1. The Morgan fingerprint density at radius 1 is 1.00 bits per heavy atom. The number of rotatable bonds is 5. The molecule has 41 heavy (non-hydrogen) atoms. The maximum atomic E-state index is 13.0. The Kier molecular flexibility index (Phi) is 6.86. The number of carbonyl (C=O) groups excluding carboxylic acids is 3. The lowest BCUT2D eigenvalue weighted by Crippen LogP contribution is -2.46. The van der Waals surface area contributed by atoms with E-state index in [1.165, 1.54) is 23.3 Å². The van der Waals surface area contributed by atoms with Gasteiger partial charge >= 0.3 is 11.8 Å². The maximum absolute atomic E-state index is 13.0. The van der Waals surface area contributed by atoms with Crippen LogP contribution in [0.1, 0.15) is 59.3 Å². The van der Waals surface area contributed by atoms with E-state index < -0.39 is 11.8 Å². The molecule has 4 heterocycles. The van der Waals surface area contributed by atoms with Gasteiger partial charge in [0.2, 0.25) is 0 Å². The van der Waals surface area contributed by atoms with E-state index in [4.69, 9.17) is 10.7 Å². The molecule has 4 aromatic rings. The smallest absolute Gasteiger partial charge is 0.312 e. The number of nitrogen functional groups attached to an aromatic ring is 1. The van der Waals surface area contributed by atoms with E-state index in [1.54, 1.807) is 43.5 Å². The second-order valence-electron chi connectivity index (χ2n) is 10.9. The molecule has 11 heteroatoms. The number of hydrogen-bond acceptors (Lipinski definition) is 7. The zero-order valence-electron chi connectivity index (χ0n) is 23.1. The second-order valence-corrected chi connectivity index (χ2v) is 10.9. The maximum Gasteiger partial charge on any atom is 0.312 e. The van der Waals surface area contributed by atoms with Crippen molar-refractivity contribution in [2.24, 2.45) is 0 Å². The summed E-state index contributed by atoms with van der Waals surface area (Å²) in [6.45, 7) is 0.910. The van der Waals surface area contributed by atoms with E-state index >= 15 is 0 Å². The Morgan fingerprint density at radius 2 is 1.78 bits per heavy atom. The van der Waals surface area contributed by atoms with Gasteiger partial charge in [0, 0.05) is 62.8 Å².